The van der Waals surface area contributed by atoms with Crippen LogP contribution in [0, 0.1) is 13.8 Å². The molecule has 1 aromatic carbocycles. The Bertz CT molecular complexity index is 911. The van der Waals surface area contributed by atoms with Crippen molar-refractivity contribution in [2.24, 2.45) is 0 Å². The average molecular weight is 346 g/mol. The SMILES string of the molecule is CCOc1ccc(-n2c(SC)nc3sc(C)c(C)c3c2=O)cc1. The molecule has 0 amide bonds. The zero-order valence-corrected chi connectivity index (χ0v) is 15.2. The molecular weight excluding hydrogens is 328 g/mol. The first-order chi connectivity index (χ1) is 11.1. The maximum atomic E-state index is 13.0. The fourth-order valence-corrected chi connectivity index (χ4v) is 4.13. The third-order valence-corrected chi connectivity index (χ3v) is 5.50. The minimum atomic E-state index is -0.00893. The average Bonchev–Trinajstić information content (AvgIpc) is 2.83. The number of fused-ring (bicyclic) bond motifs is 1. The standard InChI is InChI=1S/C17H18N2O2S2/c1-5-21-13-8-6-12(7-9-13)19-16(20)14-10(2)11(3)23-15(14)18-17(19)22-4/h6-9H,5H2,1-4H3. The van der Waals surface area contributed by atoms with E-state index in [-0.39, 0.29) is 5.56 Å². The zero-order chi connectivity index (χ0) is 16.6. The Morgan fingerprint density at radius 1 is 1.26 bits per heavy atom. The normalized spacial score (nSPS) is 11.1. The van der Waals surface area contributed by atoms with E-state index in [4.69, 9.17) is 4.74 Å². The predicted molar refractivity (Wildman–Crippen MR) is 97.6 cm³/mol. The van der Waals surface area contributed by atoms with Crippen LogP contribution in [0.25, 0.3) is 15.9 Å². The molecule has 0 fully saturated rings. The van der Waals surface area contributed by atoms with E-state index >= 15 is 0 Å². The van der Waals surface area contributed by atoms with Crippen LogP contribution in [0.3, 0.4) is 0 Å². The van der Waals surface area contributed by atoms with Crippen molar-refractivity contribution in [1.82, 2.24) is 9.55 Å². The molecule has 0 aliphatic rings. The summed E-state index contributed by atoms with van der Waals surface area (Å²) in [5.41, 5.74) is 1.82. The van der Waals surface area contributed by atoms with E-state index < -0.39 is 0 Å². The van der Waals surface area contributed by atoms with Crippen LogP contribution in [0.15, 0.2) is 34.2 Å². The fraction of sp³-hybridized carbons (Fsp3) is 0.294. The second-order valence-corrected chi connectivity index (χ2v) is 7.11. The monoisotopic (exact) mass is 346 g/mol. The minimum Gasteiger partial charge on any atom is -0.494 e. The molecule has 0 atom stereocenters. The highest BCUT2D eigenvalue weighted by Gasteiger charge is 2.17. The van der Waals surface area contributed by atoms with Crippen molar-refractivity contribution in [3.05, 3.63) is 45.1 Å². The number of benzene rings is 1. The van der Waals surface area contributed by atoms with E-state index in [9.17, 15) is 4.79 Å². The summed E-state index contributed by atoms with van der Waals surface area (Å²) in [6, 6.07) is 7.55. The first kappa shape index (κ1) is 16.1. The summed E-state index contributed by atoms with van der Waals surface area (Å²) in [5.74, 6) is 0.798. The number of aryl methyl sites for hydroxylation is 2. The van der Waals surface area contributed by atoms with Gasteiger partial charge in [-0.2, -0.15) is 0 Å². The molecule has 23 heavy (non-hydrogen) atoms. The first-order valence-corrected chi connectivity index (χ1v) is 9.41. The van der Waals surface area contributed by atoms with Crippen LogP contribution in [-0.4, -0.2) is 22.4 Å². The van der Waals surface area contributed by atoms with Gasteiger partial charge in [-0.25, -0.2) is 4.98 Å². The molecule has 3 rings (SSSR count). The molecule has 2 aromatic heterocycles. The van der Waals surface area contributed by atoms with E-state index in [1.807, 2.05) is 51.3 Å². The highest BCUT2D eigenvalue weighted by Crippen LogP contribution is 2.29. The minimum absolute atomic E-state index is 0.00893. The van der Waals surface area contributed by atoms with Gasteiger partial charge in [0, 0.05) is 4.88 Å². The van der Waals surface area contributed by atoms with Gasteiger partial charge in [0.25, 0.3) is 5.56 Å². The van der Waals surface area contributed by atoms with Crippen LogP contribution in [0.4, 0.5) is 0 Å². The molecule has 0 N–H and O–H groups in total. The van der Waals surface area contributed by atoms with Gasteiger partial charge in [-0.05, 0) is 56.9 Å². The number of thiophene rings is 1. The number of ether oxygens (including phenoxy) is 1. The Labute approximate surface area is 143 Å². The number of rotatable bonds is 4. The fourth-order valence-electron chi connectivity index (χ4n) is 2.50. The van der Waals surface area contributed by atoms with Gasteiger partial charge in [0.1, 0.15) is 10.6 Å². The van der Waals surface area contributed by atoms with Crippen LogP contribution in [-0.2, 0) is 0 Å². The molecule has 120 valence electrons. The molecule has 0 saturated carbocycles. The largest absolute Gasteiger partial charge is 0.494 e. The van der Waals surface area contributed by atoms with Crippen LogP contribution in [0.2, 0.25) is 0 Å². The van der Waals surface area contributed by atoms with Gasteiger partial charge in [-0.15, -0.1) is 11.3 Å². The molecule has 0 aliphatic carbocycles. The Kier molecular flexibility index (Phi) is 4.46. The summed E-state index contributed by atoms with van der Waals surface area (Å²) in [5, 5.41) is 1.42. The summed E-state index contributed by atoms with van der Waals surface area (Å²) in [6.45, 7) is 6.58. The van der Waals surface area contributed by atoms with Crippen LogP contribution < -0.4 is 10.3 Å². The maximum Gasteiger partial charge on any atom is 0.267 e. The lowest BCUT2D eigenvalue weighted by Gasteiger charge is -2.11. The highest BCUT2D eigenvalue weighted by atomic mass is 32.2. The van der Waals surface area contributed by atoms with Crippen molar-refractivity contribution in [2.75, 3.05) is 12.9 Å². The molecule has 0 radical (unpaired) electrons. The van der Waals surface area contributed by atoms with Crippen molar-refractivity contribution >= 4 is 33.3 Å². The van der Waals surface area contributed by atoms with Crippen molar-refractivity contribution in [3.8, 4) is 11.4 Å². The van der Waals surface area contributed by atoms with E-state index in [2.05, 4.69) is 4.98 Å². The van der Waals surface area contributed by atoms with Crippen molar-refractivity contribution in [2.45, 2.75) is 25.9 Å². The lowest BCUT2D eigenvalue weighted by Crippen LogP contribution is -2.21. The summed E-state index contributed by atoms with van der Waals surface area (Å²) in [6.07, 6.45) is 1.94. The van der Waals surface area contributed by atoms with E-state index in [1.54, 1.807) is 15.9 Å². The van der Waals surface area contributed by atoms with Crippen LogP contribution in [0.1, 0.15) is 17.4 Å². The highest BCUT2D eigenvalue weighted by molar-refractivity contribution is 7.98. The molecule has 0 unspecified atom stereocenters. The Morgan fingerprint density at radius 3 is 2.57 bits per heavy atom. The van der Waals surface area contributed by atoms with Crippen molar-refractivity contribution < 1.29 is 4.74 Å². The van der Waals surface area contributed by atoms with Gasteiger partial charge < -0.3 is 4.74 Å². The van der Waals surface area contributed by atoms with E-state index in [0.717, 1.165) is 32.1 Å². The van der Waals surface area contributed by atoms with Gasteiger partial charge >= 0.3 is 0 Å². The van der Waals surface area contributed by atoms with Gasteiger partial charge in [-0.1, -0.05) is 11.8 Å². The molecule has 6 heteroatoms. The zero-order valence-electron chi connectivity index (χ0n) is 13.5. The number of thioether (sulfide) groups is 1. The Balaban J connectivity index is 2.25. The Hall–Kier alpha value is -1.79. The molecule has 3 aromatic rings. The molecule has 0 spiro atoms. The van der Waals surface area contributed by atoms with Gasteiger partial charge in [0.15, 0.2) is 5.16 Å². The van der Waals surface area contributed by atoms with E-state index in [1.165, 1.54) is 11.8 Å². The summed E-state index contributed by atoms with van der Waals surface area (Å²) in [7, 11) is 0. The van der Waals surface area contributed by atoms with Gasteiger partial charge in [0.2, 0.25) is 0 Å². The van der Waals surface area contributed by atoms with Crippen LogP contribution in [0.5, 0.6) is 5.75 Å². The number of nitrogens with zero attached hydrogens (tertiary/aromatic N) is 2. The van der Waals surface area contributed by atoms with Crippen molar-refractivity contribution in [3.63, 3.8) is 0 Å². The van der Waals surface area contributed by atoms with Crippen molar-refractivity contribution in [1.29, 1.82) is 0 Å². The summed E-state index contributed by atoms with van der Waals surface area (Å²) >= 11 is 3.05. The topological polar surface area (TPSA) is 44.1 Å². The third-order valence-electron chi connectivity index (χ3n) is 3.76. The van der Waals surface area contributed by atoms with E-state index in [0.29, 0.717) is 11.8 Å². The number of hydrogen-bond donors (Lipinski definition) is 0. The predicted octanol–water partition coefficient (Wildman–Crippen LogP) is 4.18. The Morgan fingerprint density at radius 2 is 1.96 bits per heavy atom. The van der Waals surface area contributed by atoms with Crippen LogP contribution >= 0.6 is 23.1 Å². The molecular formula is C17H18N2O2S2. The smallest absolute Gasteiger partial charge is 0.267 e. The van der Waals surface area contributed by atoms with Gasteiger partial charge in [0.05, 0.1) is 17.7 Å². The summed E-state index contributed by atoms with van der Waals surface area (Å²) in [4.78, 5) is 19.7. The molecule has 4 nitrogen and oxygen atoms in total. The number of aromatic nitrogens is 2. The lowest BCUT2D eigenvalue weighted by atomic mass is 10.2. The molecule has 0 bridgehead atoms. The van der Waals surface area contributed by atoms with Gasteiger partial charge in [-0.3, -0.25) is 9.36 Å². The first-order valence-electron chi connectivity index (χ1n) is 7.36. The summed E-state index contributed by atoms with van der Waals surface area (Å²) < 4.78 is 7.15. The quantitative estimate of drug-likeness (QED) is 0.525. The molecule has 0 aliphatic heterocycles. The lowest BCUT2D eigenvalue weighted by molar-refractivity contribution is 0.340. The number of hydrogen-bond acceptors (Lipinski definition) is 5. The molecule has 0 saturated heterocycles. The maximum absolute atomic E-state index is 13.0. The third kappa shape index (κ3) is 2.77. The second-order valence-electron chi connectivity index (χ2n) is 5.13. The second kappa shape index (κ2) is 6.37. The molecule has 2 heterocycles.